The Kier molecular flexibility index (Phi) is 7.57. The molecule has 8 nitrogen and oxygen atoms in total. The third-order valence-electron chi connectivity index (χ3n) is 5.66. The van der Waals surface area contributed by atoms with Crippen LogP contribution in [0.15, 0.2) is 24.3 Å². The molecule has 2 N–H and O–H groups in total. The number of urea groups is 1. The Morgan fingerprint density at radius 3 is 2.28 bits per heavy atom. The minimum absolute atomic E-state index is 0.0190. The Hall–Kier alpha value is -2.48. The van der Waals surface area contributed by atoms with Crippen molar-refractivity contribution in [3.05, 3.63) is 24.3 Å². The van der Waals surface area contributed by atoms with Crippen LogP contribution < -0.4 is 20.3 Å². The predicted octanol–water partition coefficient (Wildman–Crippen LogP) is 1.13. The summed E-state index contributed by atoms with van der Waals surface area (Å²) in [6.45, 7) is 7.63. The smallest absolute Gasteiger partial charge is 0.317 e. The van der Waals surface area contributed by atoms with Gasteiger partial charge in [-0.1, -0.05) is 0 Å². The Morgan fingerprint density at radius 1 is 1.03 bits per heavy atom. The number of benzene rings is 1. The molecule has 160 valence electrons. The Labute approximate surface area is 173 Å². The minimum atomic E-state index is 0.0190. The molecule has 3 rings (SSSR count). The molecule has 0 aliphatic carbocycles. The number of nitrogens with one attached hydrogen (secondary N) is 2. The highest BCUT2D eigenvalue weighted by atomic mass is 16.5. The summed E-state index contributed by atoms with van der Waals surface area (Å²) in [6.07, 6.45) is 1.88. The number of ether oxygens (including phenoxy) is 1. The molecule has 2 aliphatic heterocycles. The molecule has 1 aromatic rings. The van der Waals surface area contributed by atoms with Gasteiger partial charge in [0.15, 0.2) is 0 Å². The van der Waals surface area contributed by atoms with Crippen LogP contribution in [0.25, 0.3) is 0 Å². The van der Waals surface area contributed by atoms with Crippen molar-refractivity contribution in [1.82, 2.24) is 20.4 Å². The summed E-state index contributed by atoms with van der Waals surface area (Å²) in [4.78, 5) is 30.6. The summed E-state index contributed by atoms with van der Waals surface area (Å²) >= 11 is 0. The molecule has 2 saturated heterocycles. The van der Waals surface area contributed by atoms with Gasteiger partial charge in [0.1, 0.15) is 5.75 Å². The van der Waals surface area contributed by atoms with E-state index in [2.05, 4.69) is 32.6 Å². The summed E-state index contributed by atoms with van der Waals surface area (Å²) in [6, 6.07) is 8.36. The van der Waals surface area contributed by atoms with Crippen LogP contribution in [-0.2, 0) is 4.79 Å². The molecule has 8 heteroatoms. The van der Waals surface area contributed by atoms with Crippen molar-refractivity contribution in [2.24, 2.45) is 0 Å². The van der Waals surface area contributed by atoms with Gasteiger partial charge in [-0.2, -0.15) is 0 Å². The van der Waals surface area contributed by atoms with Gasteiger partial charge in [0, 0.05) is 57.5 Å². The molecule has 2 heterocycles. The molecular formula is C21H33N5O3. The first-order chi connectivity index (χ1) is 14.1. The van der Waals surface area contributed by atoms with E-state index in [0.717, 1.165) is 44.8 Å². The number of methoxy groups -OCH3 is 1. The van der Waals surface area contributed by atoms with Gasteiger partial charge < -0.3 is 25.2 Å². The van der Waals surface area contributed by atoms with Gasteiger partial charge in [-0.25, -0.2) is 4.79 Å². The van der Waals surface area contributed by atoms with E-state index >= 15 is 0 Å². The lowest BCUT2D eigenvalue weighted by molar-refractivity contribution is -0.122. The average Bonchev–Trinajstić information content (AvgIpc) is 2.75. The number of anilines is 1. The molecule has 29 heavy (non-hydrogen) atoms. The largest absolute Gasteiger partial charge is 0.497 e. The Bertz CT molecular complexity index is 665. The molecular weight excluding hydrogens is 370 g/mol. The second-order valence-electron chi connectivity index (χ2n) is 7.63. The van der Waals surface area contributed by atoms with E-state index in [1.165, 1.54) is 5.69 Å². The van der Waals surface area contributed by atoms with Crippen LogP contribution in [0.4, 0.5) is 10.5 Å². The second-order valence-corrected chi connectivity index (χ2v) is 7.63. The fraction of sp³-hybridized carbons (Fsp3) is 0.619. The van der Waals surface area contributed by atoms with Crippen molar-refractivity contribution in [3.8, 4) is 5.75 Å². The third-order valence-corrected chi connectivity index (χ3v) is 5.66. The Morgan fingerprint density at radius 2 is 1.69 bits per heavy atom. The van der Waals surface area contributed by atoms with Crippen LogP contribution in [0.5, 0.6) is 5.75 Å². The van der Waals surface area contributed by atoms with Gasteiger partial charge in [0.2, 0.25) is 5.91 Å². The maximum atomic E-state index is 12.6. The predicted molar refractivity (Wildman–Crippen MR) is 113 cm³/mol. The van der Waals surface area contributed by atoms with E-state index in [1.54, 1.807) is 7.11 Å². The number of amides is 3. The van der Waals surface area contributed by atoms with Gasteiger partial charge in [-0.15, -0.1) is 0 Å². The van der Waals surface area contributed by atoms with Crippen LogP contribution >= 0.6 is 0 Å². The molecule has 0 aromatic heterocycles. The number of hydrogen-bond donors (Lipinski definition) is 2. The maximum absolute atomic E-state index is 12.6. The fourth-order valence-electron chi connectivity index (χ4n) is 3.91. The van der Waals surface area contributed by atoms with Gasteiger partial charge in [0.25, 0.3) is 0 Å². The van der Waals surface area contributed by atoms with Crippen molar-refractivity contribution < 1.29 is 14.3 Å². The van der Waals surface area contributed by atoms with Gasteiger partial charge >= 0.3 is 6.03 Å². The highest BCUT2D eigenvalue weighted by molar-refractivity contribution is 5.78. The normalized spacial score (nSPS) is 18.4. The van der Waals surface area contributed by atoms with Crippen molar-refractivity contribution in [3.63, 3.8) is 0 Å². The molecule has 0 atom stereocenters. The number of rotatable bonds is 6. The average molecular weight is 404 g/mol. The molecule has 0 radical (unpaired) electrons. The molecule has 0 saturated carbocycles. The standard InChI is InChI=1S/C21H33N5O3/c1-3-22-20(27)16-24-12-14-26(15-13-24)21(28)23-17-8-10-25(11-9-17)18-4-6-19(29-2)7-5-18/h4-7,17H,3,8-16H2,1-2H3,(H,22,27)(H,23,28). The number of likely N-dealkylation sites (N-methyl/N-ethyl adjacent to an activating group) is 1. The fourth-order valence-corrected chi connectivity index (χ4v) is 3.91. The van der Waals surface area contributed by atoms with Crippen LogP contribution in [-0.4, -0.2) is 87.2 Å². The summed E-state index contributed by atoms with van der Waals surface area (Å²) in [5, 5.41) is 6.02. The zero-order valence-corrected chi connectivity index (χ0v) is 17.5. The van der Waals surface area contributed by atoms with E-state index in [9.17, 15) is 9.59 Å². The zero-order valence-electron chi connectivity index (χ0n) is 17.5. The first kappa shape index (κ1) is 21.2. The molecule has 0 unspecified atom stereocenters. The van der Waals surface area contributed by atoms with Gasteiger partial charge in [0.05, 0.1) is 13.7 Å². The molecule has 3 amide bonds. The summed E-state index contributed by atoms with van der Waals surface area (Å²) in [5.41, 5.74) is 1.19. The van der Waals surface area contributed by atoms with Crippen LogP contribution in [0.3, 0.4) is 0 Å². The quantitative estimate of drug-likeness (QED) is 0.745. The number of carbonyl (C=O) groups is 2. The van der Waals surface area contributed by atoms with E-state index in [-0.39, 0.29) is 18.0 Å². The SMILES string of the molecule is CCNC(=O)CN1CCN(C(=O)NC2CCN(c3ccc(OC)cc3)CC2)CC1. The second kappa shape index (κ2) is 10.3. The summed E-state index contributed by atoms with van der Waals surface area (Å²) in [7, 11) is 1.67. The monoisotopic (exact) mass is 403 g/mol. The maximum Gasteiger partial charge on any atom is 0.317 e. The molecule has 2 fully saturated rings. The van der Waals surface area contributed by atoms with Gasteiger partial charge in [-0.3, -0.25) is 9.69 Å². The van der Waals surface area contributed by atoms with Gasteiger partial charge in [-0.05, 0) is 44.0 Å². The van der Waals surface area contributed by atoms with Crippen LogP contribution in [0, 0.1) is 0 Å². The number of nitrogens with zero attached hydrogens (tertiary/aromatic N) is 3. The topological polar surface area (TPSA) is 77.2 Å². The first-order valence-corrected chi connectivity index (χ1v) is 10.5. The first-order valence-electron chi connectivity index (χ1n) is 10.5. The van der Waals surface area contributed by atoms with Crippen LogP contribution in [0.1, 0.15) is 19.8 Å². The highest BCUT2D eigenvalue weighted by Crippen LogP contribution is 2.23. The number of piperidine rings is 1. The molecule has 0 spiro atoms. The number of carbonyl (C=O) groups excluding carboxylic acids is 2. The minimum Gasteiger partial charge on any atom is -0.497 e. The molecule has 2 aliphatic rings. The molecule has 1 aromatic carbocycles. The summed E-state index contributed by atoms with van der Waals surface area (Å²) < 4.78 is 5.22. The third kappa shape index (κ3) is 6.00. The molecule has 0 bridgehead atoms. The lowest BCUT2D eigenvalue weighted by Gasteiger charge is -2.37. The lowest BCUT2D eigenvalue weighted by Crippen LogP contribution is -2.55. The number of piperazine rings is 1. The van der Waals surface area contributed by atoms with Crippen LogP contribution in [0.2, 0.25) is 0 Å². The van der Waals surface area contributed by atoms with Crippen molar-refractivity contribution in [2.45, 2.75) is 25.8 Å². The van der Waals surface area contributed by atoms with E-state index < -0.39 is 0 Å². The van der Waals surface area contributed by atoms with E-state index in [1.807, 2.05) is 24.0 Å². The van der Waals surface area contributed by atoms with Crippen molar-refractivity contribution in [1.29, 1.82) is 0 Å². The highest BCUT2D eigenvalue weighted by Gasteiger charge is 2.26. The van der Waals surface area contributed by atoms with Crippen molar-refractivity contribution in [2.75, 3.05) is 64.4 Å². The van der Waals surface area contributed by atoms with E-state index in [0.29, 0.717) is 26.2 Å². The lowest BCUT2D eigenvalue weighted by atomic mass is 10.0. The Balaban J connectivity index is 1.38. The van der Waals surface area contributed by atoms with Crippen molar-refractivity contribution >= 4 is 17.6 Å². The van der Waals surface area contributed by atoms with E-state index in [4.69, 9.17) is 4.74 Å². The zero-order chi connectivity index (χ0) is 20.6. The summed E-state index contributed by atoms with van der Waals surface area (Å²) in [5.74, 6) is 0.913. The number of hydrogen-bond acceptors (Lipinski definition) is 5.